The second-order valence-electron chi connectivity index (χ2n) is 4.38. The van der Waals surface area contributed by atoms with Crippen LogP contribution in [-0.4, -0.2) is 19.6 Å². The Kier molecular flexibility index (Phi) is 5.10. The molecule has 0 bridgehead atoms. The Labute approximate surface area is 111 Å². The van der Waals surface area contributed by atoms with Crippen molar-refractivity contribution in [1.29, 1.82) is 0 Å². The molecule has 0 aromatic heterocycles. The van der Waals surface area contributed by atoms with Crippen LogP contribution in [0, 0.1) is 5.92 Å². The molecule has 1 aromatic rings. The Morgan fingerprint density at radius 2 is 1.78 bits per heavy atom. The maximum Gasteiger partial charge on any atom is 0.341 e. The molecule has 1 atom stereocenters. The summed E-state index contributed by atoms with van der Waals surface area (Å²) >= 11 is 6.07. The summed E-state index contributed by atoms with van der Waals surface area (Å²) in [4.78, 5) is -0.327. The number of rotatable bonds is 5. The van der Waals surface area contributed by atoms with Crippen molar-refractivity contribution >= 4 is 21.4 Å². The Hall–Kier alpha value is -0.680. The van der Waals surface area contributed by atoms with Crippen LogP contribution in [0.2, 0.25) is 0 Å². The predicted molar refractivity (Wildman–Crippen MR) is 67.8 cm³/mol. The molecular weight excluding hydrogens is 282 g/mol. The minimum atomic E-state index is -4.57. The second-order valence-corrected chi connectivity index (χ2v) is 6.82. The fourth-order valence-electron chi connectivity index (χ4n) is 1.49. The van der Waals surface area contributed by atoms with E-state index in [2.05, 4.69) is 0 Å². The molecule has 1 unspecified atom stereocenters. The lowest BCUT2D eigenvalue weighted by molar-refractivity contribution is 0.234. The summed E-state index contributed by atoms with van der Waals surface area (Å²) in [5.74, 6) is -3.28. The highest BCUT2D eigenvalue weighted by Gasteiger charge is 2.29. The lowest BCUT2D eigenvalue weighted by Gasteiger charge is -2.16. The monoisotopic (exact) mass is 296 g/mol. The third-order valence-electron chi connectivity index (χ3n) is 2.65. The number of benzene rings is 1. The van der Waals surface area contributed by atoms with E-state index in [-0.39, 0.29) is 22.6 Å². The smallest absolute Gasteiger partial charge is 0.218 e. The molecule has 0 spiro atoms. The summed E-state index contributed by atoms with van der Waals surface area (Å²) in [6, 6.07) is 5.76. The van der Waals surface area contributed by atoms with E-state index in [1.165, 1.54) is 18.2 Å². The van der Waals surface area contributed by atoms with Crippen LogP contribution in [0.25, 0.3) is 0 Å². The molecule has 2 nitrogen and oxygen atoms in total. The average Bonchev–Trinajstić information content (AvgIpc) is 2.29. The molecule has 0 fully saturated rings. The zero-order valence-electron chi connectivity index (χ0n) is 10.1. The number of alkyl halides is 3. The SMILES string of the molecule is CC(C)C(Cl)Cc1ccccc1S(=O)(=O)C(F)F. The third kappa shape index (κ3) is 3.42. The van der Waals surface area contributed by atoms with Crippen LogP contribution >= 0.6 is 11.6 Å². The van der Waals surface area contributed by atoms with E-state index in [4.69, 9.17) is 11.6 Å². The van der Waals surface area contributed by atoms with Crippen molar-refractivity contribution in [3.63, 3.8) is 0 Å². The zero-order chi connectivity index (χ0) is 13.9. The van der Waals surface area contributed by atoms with Gasteiger partial charge in [-0.25, -0.2) is 8.42 Å². The van der Waals surface area contributed by atoms with E-state index in [9.17, 15) is 17.2 Å². The highest BCUT2D eigenvalue weighted by Crippen LogP contribution is 2.25. The van der Waals surface area contributed by atoms with Crippen LogP contribution in [0.3, 0.4) is 0 Å². The maximum absolute atomic E-state index is 12.6. The molecule has 0 radical (unpaired) electrons. The highest BCUT2D eigenvalue weighted by atomic mass is 35.5. The largest absolute Gasteiger partial charge is 0.341 e. The van der Waals surface area contributed by atoms with Gasteiger partial charge in [0.15, 0.2) is 0 Å². The van der Waals surface area contributed by atoms with Crippen LogP contribution in [0.5, 0.6) is 0 Å². The molecule has 18 heavy (non-hydrogen) atoms. The van der Waals surface area contributed by atoms with Gasteiger partial charge in [0, 0.05) is 5.38 Å². The minimum Gasteiger partial charge on any atom is -0.218 e. The molecule has 0 saturated carbocycles. The van der Waals surface area contributed by atoms with Crippen molar-refractivity contribution in [3.05, 3.63) is 29.8 Å². The lowest BCUT2D eigenvalue weighted by atomic mass is 10.0. The number of halogens is 3. The van der Waals surface area contributed by atoms with Gasteiger partial charge in [-0.1, -0.05) is 32.0 Å². The summed E-state index contributed by atoms with van der Waals surface area (Å²) in [6.45, 7) is 3.78. The minimum absolute atomic E-state index is 0.133. The average molecular weight is 297 g/mol. The summed E-state index contributed by atoms with van der Waals surface area (Å²) in [5, 5.41) is -0.293. The first-order valence-corrected chi connectivity index (χ1v) is 7.49. The molecule has 0 saturated heterocycles. The van der Waals surface area contributed by atoms with Crippen molar-refractivity contribution < 1.29 is 17.2 Å². The van der Waals surface area contributed by atoms with Crippen molar-refractivity contribution in [2.24, 2.45) is 5.92 Å². The van der Waals surface area contributed by atoms with Gasteiger partial charge in [0.2, 0.25) is 9.84 Å². The van der Waals surface area contributed by atoms with Crippen molar-refractivity contribution in [3.8, 4) is 0 Å². The van der Waals surface area contributed by atoms with Gasteiger partial charge < -0.3 is 0 Å². The van der Waals surface area contributed by atoms with E-state index < -0.39 is 15.6 Å². The van der Waals surface area contributed by atoms with Gasteiger partial charge in [-0.05, 0) is 24.0 Å². The molecule has 0 aliphatic heterocycles. The van der Waals surface area contributed by atoms with Gasteiger partial charge in [0.25, 0.3) is 0 Å². The van der Waals surface area contributed by atoms with E-state index in [1.807, 2.05) is 13.8 Å². The summed E-state index contributed by atoms with van der Waals surface area (Å²) in [6.07, 6.45) is 0.251. The summed E-state index contributed by atoms with van der Waals surface area (Å²) in [5.41, 5.74) is 0.339. The van der Waals surface area contributed by atoms with Crippen molar-refractivity contribution in [2.45, 2.75) is 36.3 Å². The van der Waals surface area contributed by atoms with Gasteiger partial charge in [0.1, 0.15) is 0 Å². The first-order chi connectivity index (χ1) is 8.26. The fourth-order valence-corrected chi connectivity index (χ4v) is 2.64. The number of hydrogen-bond acceptors (Lipinski definition) is 2. The molecule has 0 N–H and O–H groups in total. The standard InChI is InChI=1S/C12H15ClF2O2S/c1-8(2)10(13)7-9-5-3-4-6-11(9)18(16,17)12(14)15/h3-6,8,10,12H,7H2,1-2H3. The first-order valence-electron chi connectivity index (χ1n) is 5.50. The summed E-state index contributed by atoms with van der Waals surface area (Å²) < 4.78 is 48.1. The Balaban J connectivity index is 3.16. The molecule has 0 aliphatic carbocycles. The van der Waals surface area contributed by atoms with Gasteiger partial charge >= 0.3 is 5.76 Å². The molecule has 1 rings (SSSR count). The lowest BCUT2D eigenvalue weighted by Crippen LogP contribution is -2.17. The van der Waals surface area contributed by atoms with Gasteiger partial charge in [-0.15, -0.1) is 11.6 Å². The van der Waals surface area contributed by atoms with Crippen molar-refractivity contribution in [1.82, 2.24) is 0 Å². The number of sulfone groups is 1. The molecule has 6 heteroatoms. The van der Waals surface area contributed by atoms with E-state index >= 15 is 0 Å². The van der Waals surface area contributed by atoms with Crippen LogP contribution in [0.15, 0.2) is 29.2 Å². The Morgan fingerprint density at radius 1 is 1.22 bits per heavy atom. The molecule has 0 aliphatic rings. The maximum atomic E-state index is 12.6. The van der Waals surface area contributed by atoms with E-state index in [0.29, 0.717) is 5.56 Å². The highest BCUT2D eigenvalue weighted by molar-refractivity contribution is 7.91. The third-order valence-corrected chi connectivity index (χ3v) is 4.79. The zero-order valence-corrected chi connectivity index (χ0v) is 11.7. The Bertz CT molecular complexity index is 501. The predicted octanol–water partition coefficient (Wildman–Crippen LogP) is 3.49. The molecule has 0 amide bonds. The Morgan fingerprint density at radius 3 is 2.28 bits per heavy atom. The first kappa shape index (κ1) is 15.4. The van der Waals surface area contributed by atoms with Crippen molar-refractivity contribution in [2.75, 3.05) is 0 Å². The van der Waals surface area contributed by atoms with E-state index in [0.717, 1.165) is 0 Å². The normalized spacial score (nSPS) is 14.2. The van der Waals surface area contributed by atoms with Crippen LogP contribution < -0.4 is 0 Å². The molecule has 0 heterocycles. The molecule has 1 aromatic carbocycles. The fraction of sp³-hybridized carbons (Fsp3) is 0.500. The summed E-state index contributed by atoms with van der Waals surface area (Å²) in [7, 11) is -4.57. The molecule has 102 valence electrons. The van der Waals surface area contributed by atoms with Crippen LogP contribution in [0.4, 0.5) is 8.78 Å². The second kappa shape index (κ2) is 5.97. The topological polar surface area (TPSA) is 34.1 Å². The van der Waals surface area contributed by atoms with Gasteiger partial charge in [-0.2, -0.15) is 8.78 Å². The molecular formula is C12H15ClF2O2S. The number of hydrogen-bond donors (Lipinski definition) is 0. The van der Waals surface area contributed by atoms with Gasteiger partial charge in [-0.3, -0.25) is 0 Å². The van der Waals surface area contributed by atoms with Crippen LogP contribution in [0.1, 0.15) is 19.4 Å². The van der Waals surface area contributed by atoms with Gasteiger partial charge in [0.05, 0.1) is 4.90 Å². The van der Waals surface area contributed by atoms with Crippen LogP contribution in [-0.2, 0) is 16.3 Å². The quantitative estimate of drug-likeness (QED) is 0.780. The van der Waals surface area contributed by atoms with E-state index in [1.54, 1.807) is 6.07 Å².